The number of anilines is 1. The molecule has 1 saturated heterocycles. The highest BCUT2D eigenvalue weighted by atomic mass is 79.9. The number of piperidine rings is 1. The predicted molar refractivity (Wildman–Crippen MR) is 186 cm³/mol. The van der Waals surface area contributed by atoms with E-state index in [0.29, 0.717) is 77.7 Å². The Morgan fingerprint density at radius 1 is 1.14 bits per heavy atom. The minimum atomic E-state index is -0.488. The third kappa shape index (κ3) is 7.72. The van der Waals surface area contributed by atoms with Gasteiger partial charge in [-0.1, -0.05) is 23.2 Å². The number of rotatable bonds is 11. The van der Waals surface area contributed by atoms with Crippen LogP contribution in [0, 0.1) is 10.1 Å². The van der Waals surface area contributed by atoms with Gasteiger partial charge in [0.05, 0.1) is 50.5 Å². The number of quaternary nitrogens is 1. The zero-order chi connectivity index (χ0) is 35.6. The van der Waals surface area contributed by atoms with Gasteiger partial charge >= 0.3 is 5.82 Å². The van der Waals surface area contributed by atoms with Gasteiger partial charge in [-0.3, -0.25) is 14.2 Å². The summed E-state index contributed by atoms with van der Waals surface area (Å²) in [5, 5.41) is 15.2. The number of nitrogens with one attached hydrogen (secondary N) is 1. The van der Waals surface area contributed by atoms with E-state index >= 15 is 0 Å². The van der Waals surface area contributed by atoms with Crippen LogP contribution in [-0.2, 0) is 18.4 Å². The Morgan fingerprint density at radius 2 is 1.78 bits per heavy atom. The predicted octanol–water partition coefficient (Wildman–Crippen LogP) is 1.47. The molecule has 0 atom stereocenters. The van der Waals surface area contributed by atoms with Gasteiger partial charge in [0.25, 0.3) is 5.56 Å². The fraction of sp³-hybridized carbons (Fsp3) is 0.406. The first-order valence-corrected chi connectivity index (χ1v) is 16.2. The molecule has 0 aliphatic carbocycles. The molecule has 1 aromatic carbocycles. The number of methoxy groups -OCH3 is 2. The van der Waals surface area contributed by atoms with Gasteiger partial charge in [0.2, 0.25) is 18.2 Å². The van der Waals surface area contributed by atoms with Gasteiger partial charge in [-0.2, -0.15) is 4.98 Å². The minimum Gasteiger partial charge on any atom is -1.00 e. The van der Waals surface area contributed by atoms with Crippen LogP contribution in [-0.4, -0.2) is 99.3 Å². The number of imidazole rings is 1. The maximum Gasteiger partial charge on any atom is 0.390 e. The topological polar surface area (TPSA) is 160 Å². The van der Waals surface area contributed by atoms with Crippen LogP contribution in [0.5, 0.6) is 11.5 Å². The van der Waals surface area contributed by atoms with E-state index in [2.05, 4.69) is 20.3 Å². The number of likely N-dealkylation sites (N-methyl/N-ethyl adjacent to an activating group) is 1. The number of carbonyl (C=O) groups is 1. The molecule has 5 rings (SSSR count). The molecule has 18 heteroatoms. The highest BCUT2D eigenvalue weighted by Gasteiger charge is 2.30. The molecule has 0 saturated carbocycles. The fourth-order valence-electron chi connectivity index (χ4n) is 6.02. The van der Waals surface area contributed by atoms with Gasteiger partial charge in [-0.25, -0.2) is 4.98 Å². The van der Waals surface area contributed by atoms with Crippen molar-refractivity contribution in [3.8, 4) is 22.6 Å². The Labute approximate surface area is 308 Å². The van der Waals surface area contributed by atoms with E-state index in [-0.39, 0.29) is 61.5 Å². The van der Waals surface area contributed by atoms with Gasteiger partial charge < -0.3 is 55.8 Å². The van der Waals surface area contributed by atoms with Crippen LogP contribution in [0.15, 0.2) is 41.6 Å². The zero-order valence-corrected chi connectivity index (χ0v) is 31.5. The van der Waals surface area contributed by atoms with Crippen LogP contribution in [0.3, 0.4) is 0 Å². The Balaban J connectivity index is 0.00000562. The highest BCUT2D eigenvalue weighted by molar-refractivity contribution is 6.41. The molecule has 1 aliphatic heterocycles. The number of amides is 1. The SMILES string of the molecule is CNc1ncc2cc(-c3c(Cl)c(OC)cc(OC)c3Cl)c(=O)n(C3CCN(C(=O)/C=C/C[N+](C)(C)Cc4c([N+](=O)[O-])ncn4C)CC3)c2n1.[Br-]. The molecule has 1 N–H and O–H groups in total. The number of fused-ring (bicyclic) bond motifs is 1. The van der Waals surface area contributed by atoms with E-state index in [0.717, 1.165) is 0 Å². The molecule has 0 spiro atoms. The zero-order valence-electron chi connectivity index (χ0n) is 28.4. The maximum atomic E-state index is 14.4. The largest absolute Gasteiger partial charge is 1.00 e. The van der Waals surface area contributed by atoms with E-state index in [4.69, 9.17) is 32.7 Å². The summed E-state index contributed by atoms with van der Waals surface area (Å²) in [6, 6.07) is 2.93. The Bertz CT molecular complexity index is 1980. The maximum absolute atomic E-state index is 14.4. The molecule has 50 heavy (non-hydrogen) atoms. The average molecular weight is 796 g/mol. The number of benzene rings is 1. The summed E-state index contributed by atoms with van der Waals surface area (Å²) in [6.45, 7) is 1.64. The van der Waals surface area contributed by atoms with Crippen molar-refractivity contribution >= 4 is 51.9 Å². The fourth-order valence-corrected chi connectivity index (χ4v) is 6.72. The standard InChI is InChI=1S/C32H37Cl2N9O6.BrH/c1-35-32-36-16-19-14-21(26-27(33)23(48-5)15-24(49-6)28(26)34)31(45)41(29(19)38-32)20-9-11-40(12-10-20)25(44)8-7-13-43(3,4)17-22-30(42(46)47)37-18-39(22)2;/h7-8,14-16,18,20H,9-13,17H2,1-6H3;1H/b8-7+;. The molecule has 1 aliphatic rings. The molecule has 0 unspecified atom stereocenters. The number of nitro groups is 1. The molecule has 4 heterocycles. The van der Waals surface area contributed by atoms with Crippen molar-refractivity contribution in [3.05, 3.63) is 73.0 Å². The molecule has 0 radical (unpaired) electrons. The number of pyridine rings is 1. The van der Waals surface area contributed by atoms with Crippen molar-refractivity contribution in [3.63, 3.8) is 0 Å². The van der Waals surface area contributed by atoms with Gasteiger partial charge in [-0.15, -0.1) is 0 Å². The second-order valence-corrected chi connectivity index (χ2v) is 13.1. The summed E-state index contributed by atoms with van der Waals surface area (Å²) in [6.07, 6.45) is 7.35. The van der Waals surface area contributed by atoms with Crippen molar-refractivity contribution < 1.29 is 40.7 Å². The van der Waals surface area contributed by atoms with Crippen molar-refractivity contribution in [1.82, 2.24) is 29.0 Å². The normalized spacial score (nSPS) is 13.8. The summed E-state index contributed by atoms with van der Waals surface area (Å²) < 4.78 is 14.6. The molecule has 1 amide bonds. The number of likely N-dealkylation sites (tertiary alicyclic amines) is 1. The number of hydrogen-bond donors (Lipinski definition) is 1. The number of hydrogen-bond acceptors (Lipinski definition) is 10. The van der Waals surface area contributed by atoms with Crippen molar-refractivity contribution in [2.24, 2.45) is 7.05 Å². The van der Waals surface area contributed by atoms with Crippen LogP contribution in [0.4, 0.5) is 11.8 Å². The first kappa shape index (κ1) is 38.6. The van der Waals surface area contributed by atoms with E-state index in [1.54, 1.807) is 52.5 Å². The lowest BCUT2D eigenvalue weighted by molar-refractivity contribution is -0.898. The summed E-state index contributed by atoms with van der Waals surface area (Å²) >= 11 is 13.5. The molecule has 1 fully saturated rings. The van der Waals surface area contributed by atoms with Gasteiger partial charge in [0, 0.05) is 62.5 Å². The summed E-state index contributed by atoms with van der Waals surface area (Å²) in [5.41, 5.74) is 1.10. The van der Waals surface area contributed by atoms with E-state index in [1.165, 1.54) is 26.6 Å². The Kier molecular flexibility index (Phi) is 12.1. The van der Waals surface area contributed by atoms with Crippen LogP contribution in [0.2, 0.25) is 10.0 Å². The lowest BCUT2D eigenvalue weighted by Gasteiger charge is -2.33. The van der Waals surface area contributed by atoms with Crippen molar-refractivity contribution in [2.75, 3.05) is 60.3 Å². The molecule has 3 aromatic heterocycles. The molecule has 4 aromatic rings. The van der Waals surface area contributed by atoms with Crippen molar-refractivity contribution in [2.45, 2.75) is 25.4 Å². The Morgan fingerprint density at radius 3 is 2.36 bits per heavy atom. The quantitative estimate of drug-likeness (QED) is 0.102. The van der Waals surface area contributed by atoms with E-state index < -0.39 is 4.92 Å². The smallest absolute Gasteiger partial charge is 0.390 e. The van der Waals surface area contributed by atoms with Gasteiger partial charge in [-0.05, 0) is 34.9 Å². The van der Waals surface area contributed by atoms with Crippen LogP contribution < -0.4 is 37.3 Å². The number of nitrogens with zero attached hydrogens (tertiary/aromatic N) is 8. The number of aryl methyl sites for hydroxylation is 1. The van der Waals surface area contributed by atoms with Crippen molar-refractivity contribution in [1.29, 1.82) is 0 Å². The number of aromatic nitrogens is 5. The third-order valence-electron chi connectivity index (χ3n) is 8.63. The minimum absolute atomic E-state index is 0. The number of carbonyl (C=O) groups excluding carboxylic acids is 1. The summed E-state index contributed by atoms with van der Waals surface area (Å²) in [7, 11) is 10.2. The summed E-state index contributed by atoms with van der Waals surface area (Å²) in [4.78, 5) is 53.1. The average Bonchev–Trinajstić information content (AvgIpc) is 3.43. The van der Waals surface area contributed by atoms with Crippen LogP contribution >= 0.6 is 23.2 Å². The molecule has 0 bridgehead atoms. The second kappa shape index (κ2) is 15.7. The molecule has 268 valence electrons. The third-order valence-corrected chi connectivity index (χ3v) is 9.38. The lowest BCUT2D eigenvalue weighted by Crippen LogP contribution is -3.00. The molecular formula is C32H38BrCl2N9O6. The summed E-state index contributed by atoms with van der Waals surface area (Å²) in [5.74, 6) is 0.622. The monoisotopic (exact) mass is 793 g/mol. The van der Waals surface area contributed by atoms with Crippen LogP contribution in [0.1, 0.15) is 24.6 Å². The Hall–Kier alpha value is -4.25. The number of ether oxygens (including phenoxy) is 2. The van der Waals surface area contributed by atoms with Crippen LogP contribution in [0.25, 0.3) is 22.2 Å². The lowest BCUT2D eigenvalue weighted by atomic mass is 10.0. The van der Waals surface area contributed by atoms with E-state index in [1.807, 2.05) is 14.1 Å². The second-order valence-electron chi connectivity index (χ2n) is 12.4. The highest BCUT2D eigenvalue weighted by Crippen LogP contribution is 2.45. The van der Waals surface area contributed by atoms with Gasteiger partial charge in [0.1, 0.15) is 23.7 Å². The molecule has 15 nitrogen and oxygen atoms in total. The molecular weight excluding hydrogens is 757 g/mol. The van der Waals surface area contributed by atoms with Gasteiger partial charge in [0.15, 0.2) is 5.69 Å². The first-order valence-electron chi connectivity index (χ1n) is 15.4. The van der Waals surface area contributed by atoms with E-state index in [9.17, 15) is 19.7 Å². The number of halogens is 3. The first-order chi connectivity index (χ1) is 23.3.